The quantitative estimate of drug-likeness (QED) is 0.303. The van der Waals surface area contributed by atoms with Gasteiger partial charge in [-0.1, -0.05) is 12.8 Å². The van der Waals surface area contributed by atoms with Gasteiger partial charge >= 0.3 is 0 Å². The predicted molar refractivity (Wildman–Crippen MR) is 147 cm³/mol. The fourth-order valence-electron chi connectivity index (χ4n) is 5.74. The van der Waals surface area contributed by atoms with Crippen molar-refractivity contribution in [3.05, 3.63) is 43.0 Å². The molecule has 1 aliphatic heterocycles. The number of nitrogens with zero attached hydrogens (tertiary/aromatic N) is 6. The number of carbonyl (C=O) groups excluding carboxylic acids is 1. The SMILES string of the molecule is O=C(Nc1cncc(-c2cc3c(-c4nc5nccc(N6CCCCC6)c5[nH]4)n[nH]c3cn2)c1)C1CCCC1. The lowest BCUT2D eigenvalue weighted by Crippen LogP contribution is -2.29. The Morgan fingerprint density at radius 2 is 1.87 bits per heavy atom. The zero-order chi connectivity index (χ0) is 25.5. The molecule has 3 N–H and O–H groups in total. The Labute approximate surface area is 219 Å². The van der Waals surface area contributed by atoms with E-state index in [0.717, 1.165) is 72.1 Å². The van der Waals surface area contributed by atoms with Crippen LogP contribution >= 0.6 is 0 Å². The molecule has 6 heterocycles. The number of imidazole rings is 1. The topological polar surface area (TPSA) is 128 Å². The van der Waals surface area contributed by atoms with Crippen LogP contribution in [0.15, 0.2) is 43.0 Å². The molecule has 1 saturated carbocycles. The normalized spacial score (nSPS) is 16.5. The van der Waals surface area contributed by atoms with Gasteiger partial charge in [-0.25, -0.2) is 9.97 Å². The van der Waals surface area contributed by atoms with Crippen molar-refractivity contribution >= 4 is 39.3 Å². The largest absolute Gasteiger partial charge is 0.370 e. The number of hydrogen-bond acceptors (Lipinski definition) is 7. The third-order valence-corrected chi connectivity index (χ3v) is 7.77. The highest BCUT2D eigenvalue weighted by Crippen LogP contribution is 2.32. The Hall–Kier alpha value is -4.34. The standard InChI is InChI=1S/C28H29N9O/c38-28(17-6-2-3-7-17)32-19-12-18(14-29-15-19)21-13-20-22(16-31-21)35-36-24(20)27-33-25-23(8-9-30-26(25)34-27)37-10-4-1-5-11-37/h8-9,12-17H,1-7,10-11H2,(H,32,38)(H,35,36)(H,30,33,34). The van der Waals surface area contributed by atoms with Gasteiger partial charge in [0.2, 0.25) is 5.91 Å². The second-order valence-corrected chi connectivity index (χ2v) is 10.3. The summed E-state index contributed by atoms with van der Waals surface area (Å²) >= 11 is 0. The maximum absolute atomic E-state index is 12.6. The highest BCUT2D eigenvalue weighted by atomic mass is 16.1. The summed E-state index contributed by atoms with van der Waals surface area (Å²) in [5.41, 5.74) is 6.53. The predicted octanol–water partition coefficient (Wildman–Crippen LogP) is 5.08. The van der Waals surface area contributed by atoms with E-state index in [9.17, 15) is 4.79 Å². The molecule has 0 unspecified atom stereocenters. The van der Waals surface area contributed by atoms with E-state index in [2.05, 4.69) is 46.4 Å². The average Bonchev–Trinajstić information content (AvgIpc) is 3.73. The molecule has 10 heteroatoms. The summed E-state index contributed by atoms with van der Waals surface area (Å²) in [5.74, 6) is 0.829. The van der Waals surface area contributed by atoms with Gasteiger partial charge in [-0.2, -0.15) is 5.10 Å². The summed E-state index contributed by atoms with van der Waals surface area (Å²) in [6, 6.07) is 5.97. The third kappa shape index (κ3) is 4.15. The van der Waals surface area contributed by atoms with Gasteiger partial charge in [0.05, 0.1) is 35.0 Å². The number of H-pyrrole nitrogens is 2. The minimum absolute atomic E-state index is 0.0735. The molecule has 0 aromatic carbocycles. The van der Waals surface area contributed by atoms with Crippen LogP contribution in [0.25, 0.3) is 44.8 Å². The average molecular weight is 508 g/mol. The van der Waals surface area contributed by atoms with Crippen LogP contribution in [0.3, 0.4) is 0 Å². The Morgan fingerprint density at radius 1 is 1.00 bits per heavy atom. The third-order valence-electron chi connectivity index (χ3n) is 7.77. The molecule has 1 aliphatic carbocycles. The van der Waals surface area contributed by atoms with Crippen molar-refractivity contribution in [1.29, 1.82) is 0 Å². The number of nitrogens with one attached hydrogen (secondary N) is 3. The van der Waals surface area contributed by atoms with E-state index in [1.165, 1.54) is 19.3 Å². The summed E-state index contributed by atoms with van der Waals surface area (Å²) < 4.78 is 0. The van der Waals surface area contributed by atoms with Crippen LogP contribution < -0.4 is 10.2 Å². The number of rotatable bonds is 5. The Kier molecular flexibility index (Phi) is 5.71. The lowest BCUT2D eigenvalue weighted by atomic mass is 10.1. The number of piperidine rings is 1. The van der Waals surface area contributed by atoms with Crippen molar-refractivity contribution in [1.82, 2.24) is 35.1 Å². The van der Waals surface area contributed by atoms with Crippen LogP contribution in [0, 0.1) is 5.92 Å². The van der Waals surface area contributed by atoms with E-state index in [-0.39, 0.29) is 11.8 Å². The Balaban J connectivity index is 1.22. The molecule has 5 aromatic heterocycles. The van der Waals surface area contributed by atoms with Gasteiger partial charge < -0.3 is 15.2 Å². The summed E-state index contributed by atoms with van der Waals surface area (Å²) in [7, 11) is 0. The molecule has 0 bridgehead atoms. The molecule has 38 heavy (non-hydrogen) atoms. The second-order valence-electron chi connectivity index (χ2n) is 10.3. The number of pyridine rings is 3. The molecule has 192 valence electrons. The van der Waals surface area contributed by atoms with E-state index in [1.807, 2.05) is 18.3 Å². The molecule has 7 rings (SSSR count). The molecular formula is C28H29N9O. The number of carbonyl (C=O) groups is 1. The van der Waals surface area contributed by atoms with Gasteiger partial charge in [-0.15, -0.1) is 0 Å². The van der Waals surface area contributed by atoms with Crippen molar-refractivity contribution in [3.8, 4) is 22.8 Å². The number of hydrogen-bond donors (Lipinski definition) is 3. The van der Waals surface area contributed by atoms with E-state index in [0.29, 0.717) is 22.9 Å². The van der Waals surface area contributed by atoms with Gasteiger partial charge in [0.25, 0.3) is 0 Å². The first-order valence-electron chi connectivity index (χ1n) is 13.4. The molecule has 10 nitrogen and oxygen atoms in total. The first-order valence-corrected chi connectivity index (χ1v) is 13.4. The zero-order valence-corrected chi connectivity index (χ0v) is 21.1. The fraction of sp³-hybridized carbons (Fsp3) is 0.357. The summed E-state index contributed by atoms with van der Waals surface area (Å²) in [6.07, 6.45) is 14.9. The van der Waals surface area contributed by atoms with Crippen LogP contribution in [0.1, 0.15) is 44.9 Å². The summed E-state index contributed by atoms with van der Waals surface area (Å²) in [6.45, 7) is 2.09. The lowest BCUT2D eigenvalue weighted by Gasteiger charge is -2.28. The number of aromatic nitrogens is 7. The zero-order valence-electron chi connectivity index (χ0n) is 21.1. The minimum atomic E-state index is 0.0735. The van der Waals surface area contributed by atoms with Crippen LogP contribution in [0.2, 0.25) is 0 Å². The number of amides is 1. The first-order chi connectivity index (χ1) is 18.7. The van der Waals surface area contributed by atoms with E-state index in [1.54, 1.807) is 18.6 Å². The summed E-state index contributed by atoms with van der Waals surface area (Å²) in [5, 5.41) is 11.6. The van der Waals surface area contributed by atoms with E-state index < -0.39 is 0 Å². The van der Waals surface area contributed by atoms with Gasteiger partial charge in [0.15, 0.2) is 11.5 Å². The molecular weight excluding hydrogens is 478 g/mol. The van der Waals surface area contributed by atoms with Gasteiger partial charge in [-0.05, 0) is 50.3 Å². The van der Waals surface area contributed by atoms with Crippen molar-refractivity contribution in [2.24, 2.45) is 5.92 Å². The van der Waals surface area contributed by atoms with Crippen LogP contribution in [-0.4, -0.2) is 54.1 Å². The summed E-state index contributed by atoms with van der Waals surface area (Å²) in [4.78, 5) is 36.8. The number of fused-ring (bicyclic) bond motifs is 2. The van der Waals surface area contributed by atoms with Crippen molar-refractivity contribution in [3.63, 3.8) is 0 Å². The molecule has 2 aliphatic rings. The van der Waals surface area contributed by atoms with Crippen LogP contribution in [0.5, 0.6) is 0 Å². The molecule has 2 fully saturated rings. The van der Waals surface area contributed by atoms with Crippen molar-refractivity contribution < 1.29 is 4.79 Å². The van der Waals surface area contributed by atoms with Gasteiger partial charge in [0.1, 0.15) is 11.2 Å². The van der Waals surface area contributed by atoms with Crippen LogP contribution in [-0.2, 0) is 4.79 Å². The first kappa shape index (κ1) is 22.8. The molecule has 0 spiro atoms. The van der Waals surface area contributed by atoms with Crippen LogP contribution in [0.4, 0.5) is 11.4 Å². The number of aromatic amines is 2. The second kappa shape index (κ2) is 9.51. The van der Waals surface area contributed by atoms with Crippen molar-refractivity contribution in [2.45, 2.75) is 44.9 Å². The Bertz CT molecular complexity index is 1630. The molecule has 5 aromatic rings. The minimum Gasteiger partial charge on any atom is -0.370 e. The number of anilines is 2. The molecule has 0 atom stereocenters. The highest BCUT2D eigenvalue weighted by molar-refractivity contribution is 5.96. The highest BCUT2D eigenvalue weighted by Gasteiger charge is 2.23. The molecule has 1 amide bonds. The smallest absolute Gasteiger partial charge is 0.227 e. The fourth-order valence-corrected chi connectivity index (χ4v) is 5.74. The maximum Gasteiger partial charge on any atom is 0.227 e. The van der Waals surface area contributed by atoms with E-state index in [4.69, 9.17) is 4.98 Å². The molecule has 1 saturated heterocycles. The van der Waals surface area contributed by atoms with E-state index >= 15 is 0 Å². The maximum atomic E-state index is 12.6. The lowest BCUT2D eigenvalue weighted by molar-refractivity contribution is -0.119. The van der Waals surface area contributed by atoms with Gasteiger partial charge in [0, 0.05) is 42.4 Å². The van der Waals surface area contributed by atoms with Crippen molar-refractivity contribution in [2.75, 3.05) is 23.3 Å². The monoisotopic (exact) mass is 507 g/mol. The van der Waals surface area contributed by atoms with Gasteiger partial charge in [-0.3, -0.25) is 19.9 Å². The Morgan fingerprint density at radius 3 is 2.74 bits per heavy atom. The molecule has 0 radical (unpaired) electrons.